The topological polar surface area (TPSA) is 73.5 Å². The number of nitrogens with two attached hydrogens (primary N) is 1. The molecule has 0 atom stereocenters. The van der Waals surface area contributed by atoms with Crippen LogP contribution in [0.3, 0.4) is 0 Å². The summed E-state index contributed by atoms with van der Waals surface area (Å²) in [6.07, 6.45) is 5.58. The molecule has 0 saturated carbocycles. The van der Waals surface area contributed by atoms with Gasteiger partial charge in [-0.2, -0.15) is 0 Å². The fourth-order valence-electron chi connectivity index (χ4n) is 4.14. The van der Waals surface area contributed by atoms with Crippen molar-refractivity contribution in [3.05, 3.63) is 35.6 Å². The molecule has 8 heteroatoms. The first kappa shape index (κ1) is 20.0. The number of benzene rings is 1. The number of piperazine rings is 1. The monoisotopic (exact) mass is 415 g/mol. The molecule has 2 aliphatic heterocycles. The van der Waals surface area contributed by atoms with Crippen LogP contribution in [0.15, 0.2) is 30.6 Å². The molecule has 2 aliphatic rings. The van der Waals surface area contributed by atoms with Gasteiger partial charge in [-0.3, -0.25) is 0 Å². The van der Waals surface area contributed by atoms with Crippen LogP contribution in [-0.2, 0) is 0 Å². The molecule has 2 fully saturated rings. The van der Waals surface area contributed by atoms with Crippen LogP contribution in [-0.4, -0.2) is 67.2 Å². The number of hydrogen-bond acceptors (Lipinski definition) is 7. The summed E-state index contributed by atoms with van der Waals surface area (Å²) in [4.78, 5) is 15.9. The van der Waals surface area contributed by atoms with Crippen LogP contribution in [0, 0.1) is 0 Å². The van der Waals surface area contributed by atoms with Gasteiger partial charge in [-0.1, -0.05) is 24.1 Å². The Balaban J connectivity index is 1.33. The van der Waals surface area contributed by atoms with E-state index in [1.807, 2.05) is 18.2 Å². The highest BCUT2D eigenvalue weighted by Gasteiger charge is 2.21. The normalized spacial score (nSPS) is 18.1. The molecule has 1 aromatic heterocycles. The van der Waals surface area contributed by atoms with E-state index in [9.17, 15) is 0 Å². The van der Waals surface area contributed by atoms with Gasteiger partial charge < -0.3 is 25.8 Å². The largest absolute Gasteiger partial charge is 0.393 e. The summed E-state index contributed by atoms with van der Waals surface area (Å²) < 4.78 is 0. The van der Waals surface area contributed by atoms with Crippen LogP contribution in [0.5, 0.6) is 0 Å². The van der Waals surface area contributed by atoms with Gasteiger partial charge in [0.15, 0.2) is 11.6 Å². The maximum absolute atomic E-state index is 6.43. The van der Waals surface area contributed by atoms with Gasteiger partial charge in [-0.05, 0) is 44.1 Å². The Bertz CT molecular complexity index is 801. The number of piperidine rings is 1. The Hall–Kier alpha value is -2.25. The van der Waals surface area contributed by atoms with Gasteiger partial charge >= 0.3 is 0 Å². The van der Waals surface area contributed by atoms with E-state index < -0.39 is 0 Å². The van der Waals surface area contributed by atoms with E-state index in [0.717, 1.165) is 61.6 Å². The number of likely N-dealkylation sites (tertiary alicyclic amines) is 1. The molecule has 3 heterocycles. The van der Waals surface area contributed by atoms with Gasteiger partial charge in [0.25, 0.3) is 0 Å². The summed E-state index contributed by atoms with van der Waals surface area (Å²) in [6, 6.07) is 8.02. The second kappa shape index (κ2) is 9.50. The molecule has 1 aromatic carbocycles. The van der Waals surface area contributed by atoms with Gasteiger partial charge in [-0.15, -0.1) is 0 Å². The third-order valence-corrected chi connectivity index (χ3v) is 6.02. The highest BCUT2D eigenvalue weighted by molar-refractivity contribution is 6.30. The zero-order valence-electron chi connectivity index (χ0n) is 16.9. The molecular weight excluding hydrogens is 386 g/mol. The van der Waals surface area contributed by atoms with Crippen molar-refractivity contribution in [1.82, 2.24) is 14.9 Å². The van der Waals surface area contributed by atoms with E-state index in [-0.39, 0.29) is 0 Å². The van der Waals surface area contributed by atoms with E-state index in [1.54, 1.807) is 6.33 Å². The Kier molecular flexibility index (Phi) is 6.56. The van der Waals surface area contributed by atoms with Crippen molar-refractivity contribution in [2.45, 2.75) is 19.3 Å². The van der Waals surface area contributed by atoms with E-state index >= 15 is 0 Å². The number of nitrogens with one attached hydrogen (secondary N) is 1. The van der Waals surface area contributed by atoms with Gasteiger partial charge in [-0.25, -0.2) is 9.97 Å². The van der Waals surface area contributed by atoms with Crippen molar-refractivity contribution in [3.8, 4) is 0 Å². The summed E-state index contributed by atoms with van der Waals surface area (Å²) in [5, 5.41) is 4.18. The minimum Gasteiger partial charge on any atom is -0.393 e. The molecule has 0 aliphatic carbocycles. The number of rotatable bonds is 6. The van der Waals surface area contributed by atoms with Crippen molar-refractivity contribution in [2.75, 3.05) is 73.2 Å². The van der Waals surface area contributed by atoms with Gasteiger partial charge in [0.2, 0.25) is 0 Å². The highest BCUT2D eigenvalue weighted by Crippen LogP contribution is 2.28. The lowest BCUT2D eigenvalue weighted by Crippen LogP contribution is -2.47. The summed E-state index contributed by atoms with van der Waals surface area (Å²) in [6.45, 7) is 7.80. The van der Waals surface area contributed by atoms with Crippen molar-refractivity contribution in [2.24, 2.45) is 0 Å². The molecule has 29 heavy (non-hydrogen) atoms. The van der Waals surface area contributed by atoms with Crippen LogP contribution in [0.1, 0.15) is 19.3 Å². The highest BCUT2D eigenvalue weighted by atomic mass is 35.5. The van der Waals surface area contributed by atoms with Crippen LogP contribution in [0.25, 0.3) is 0 Å². The molecule has 156 valence electrons. The number of hydrogen-bond donors (Lipinski definition) is 2. The van der Waals surface area contributed by atoms with Gasteiger partial charge in [0, 0.05) is 50.0 Å². The minimum atomic E-state index is 0.641. The van der Waals surface area contributed by atoms with E-state index in [2.05, 4.69) is 36.1 Å². The molecule has 0 amide bonds. The van der Waals surface area contributed by atoms with Crippen LogP contribution in [0.2, 0.25) is 5.02 Å². The predicted molar refractivity (Wildman–Crippen MR) is 121 cm³/mol. The van der Waals surface area contributed by atoms with Crippen molar-refractivity contribution < 1.29 is 0 Å². The molecule has 7 nitrogen and oxygen atoms in total. The lowest BCUT2D eigenvalue weighted by Gasteiger charge is -2.37. The van der Waals surface area contributed by atoms with Crippen molar-refractivity contribution >= 4 is 34.6 Å². The standard InChI is InChI=1S/C21H30ClN7/c22-17-5-4-6-18(15-17)28-11-13-29(14-12-28)21-19(23)20(25-16-26-21)24-7-10-27-8-2-1-3-9-27/h4-6,15-16H,1-3,7-14,23H2,(H,24,25,26). The Morgan fingerprint density at radius 2 is 1.72 bits per heavy atom. The number of aromatic nitrogens is 2. The average molecular weight is 416 g/mol. The quantitative estimate of drug-likeness (QED) is 0.751. The smallest absolute Gasteiger partial charge is 0.157 e. The molecular formula is C21H30ClN7. The van der Waals surface area contributed by atoms with Crippen LogP contribution in [0.4, 0.5) is 23.0 Å². The first-order valence-corrected chi connectivity index (χ1v) is 10.9. The van der Waals surface area contributed by atoms with Crippen molar-refractivity contribution in [3.63, 3.8) is 0 Å². The molecule has 0 spiro atoms. The lowest BCUT2D eigenvalue weighted by molar-refractivity contribution is 0.237. The van der Waals surface area contributed by atoms with Crippen LogP contribution >= 0.6 is 11.6 Å². The van der Waals surface area contributed by atoms with Crippen LogP contribution < -0.4 is 20.9 Å². The Morgan fingerprint density at radius 3 is 2.48 bits per heavy atom. The maximum Gasteiger partial charge on any atom is 0.157 e. The second-order valence-electron chi connectivity index (χ2n) is 7.74. The zero-order valence-corrected chi connectivity index (χ0v) is 17.6. The first-order valence-electron chi connectivity index (χ1n) is 10.5. The third-order valence-electron chi connectivity index (χ3n) is 5.78. The minimum absolute atomic E-state index is 0.641. The summed E-state index contributed by atoms with van der Waals surface area (Å²) in [5.41, 5.74) is 8.23. The third kappa shape index (κ3) is 5.03. The first-order chi connectivity index (χ1) is 14.2. The van der Waals surface area contributed by atoms with E-state index in [0.29, 0.717) is 5.69 Å². The summed E-state index contributed by atoms with van der Waals surface area (Å²) in [5.74, 6) is 1.57. The predicted octanol–water partition coefficient (Wildman–Crippen LogP) is 2.94. The molecule has 0 bridgehead atoms. The maximum atomic E-state index is 6.43. The molecule has 4 rings (SSSR count). The summed E-state index contributed by atoms with van der Waals surface area (Å²) in [7, 11) is 0. The average Bonchev–Trinajstić information content (AvgIpc) is 2.76. The molecule has 0 unspecified atom stereocenters. The second-order valence-corrected chi connectivity index (χ2v) is 8.18. The molecule has 0 radical (unpaired) electrons. The van der Waals surface area contributed by atoms with E-state index in [1.165, 1.54) is 32.4 Å². The zero-order chi connectivity index (χ0) is 20.1. The van der Waals surface area contributed by atoms with Gasteiger partial charge in [0.1, 0.15) is 12.0 Å². The Labute approximate surface area is 177 Å². The summed E-state index contributed by atoms with van der Waals surface area (Å²) >= 11 is 6.14. The van der Waals surface area contributed by atoms with E-state index in [4.69, 9.17) is 17.3 Å². The fourth-order valence-corrected chi connectivity index (χ4v) is 4.33. The number of halogens is 1. The number of nitrogen functional groups attached to an aromatic ring is 1. The SMILES string of the molecule is Nc1c(NCCN2CCCCC2)ncnc1N1CCN(c2cccc(Cl)c2)CC1. The molecule has 3 N–H and O–H groups in total. The number of anilines is 4. The van der Waals surface area contributed by atoms with Gasteiger partial charge in [0.05, 0.1) is 0 Å². The fraction of sp³-hybridized carbons (Fsp3) is 0.524. The Morgan fingerprint density at radius 1 is 0.966 bits per heavy atom. The van der Waals surface area contributed by atoms with Crippen molar-refractivity contribution in [1.29, 1.82) is 0 Å². The molecule has 2 aromatic rings. The molecule has 2 saturated heterocycles. The number of nitrogens with zero attached hydrogens (tertiary/aromatic N) is 5. The lowest BCUT2D eigenvalue weighted by atomic mass is 10.1.